The molecule has 35 heavy (non-hydrogen) atoms. The van der Waals surface area contributed by atoms with E-state index < -0.39 is 11.4 Å². The molecule has 2 aromatic carbocycles. The molecule has 0 saturated carbocycles. The van der Waals surface area contributed by atoms with Crippen LogP contribution in [0.1, 0.15) is 69.2 Å². The minimum atomic E-state index is -1.05. The number of aromatic hydroxyl groups is 4. The highest BCUT2D eigenvalue weighted by Gasteiger charge is 2.25. The van der Waals surface area contributed by atoms with Crippen LogP contribution in [0.25, 0.3) is 12.2 Å². The van der Waals surface area contributed by atoms with E-state index in [1.165, 1.54) is 36.4 Å². The average molecular weight is 483 g/mol. The summed E-state index contributed by atoms with van der Waals surface area (Å²) < 4.78 is 0. The quantitative estimate of drug-likeness (QED) is 0.170. The number of aliphatic hydroxyl groups is 1. The Morgan fingerprint density at radius 3 is 2.06 bits per heavy atom. The number of carbonyl (C=O) groups is 1. The van der Waals surface area contributed by atoms with Gasteiger partial charge in [-0.05, 0) is 68.4 Å². The van der Waals surface area contributed by atoms with Gasteiger partial charge in [-0.3, -0.25) is 4.79 Å². The van der Waals surface area contributed by atoms with Gasteiger partial charge in [-0.15, -0.1) is 0 Å². The number of hydrogen-bond acceptors (Lipinski definition) is 6. The molecule has 2 aromatic rings. The molecule has 0 atom stereocenters. The second-order valence-corrected chi connectivity index (χ2v) is 10.2. The fourth-order valence-electron chi connectivity index (χ4n) is 3.33. The van der Waals surface area contributed by atoms with Crippen molar-refractivity contribution < 1.29 is 35.4 Å². The van der Waals surface area contributed by atoms with Gasteiger partial charge in [-0.2, -0.15) is 0 Å². The van der Waals surface area contributed by atoms with Gasteiger partial charge in [0.05, 0.1) is 11.0 Å². The van der Waals surface area contributed by atoms with Crippen molar-refractivity contribution in [1.29, 1.82) is 0 Å². The number of benzene rings is 2. The third-order valence-corrected chi connectivity index (χ3v) is 5.83. The molecule has 0 radical (unpaired) electrons. The molecule has 0 aliphatic carbocycles. The SMILES string of the molecule is CC(C)(CO)CCCc1cc(O)cc(C=Cc2cc(O)cc(C#CCC(C)(C)C(=O)O)c2O)c1O. The molecule has 0 fully saturated rings. The first-order valence-electron chi connectivity index (χ1n) is 11.4. The molecule has 0 unspecified atom stereocenters. The Bertz CT molecular complexity index is 1160. The van der Waals surface area contributed by atoms with Crippen molar-refractivity contribution in [2.45, 2.75) is 53.4 Å². The standard InChI is InChI=1S/C28H34O7/c1-27(2,17-29)11-5-7-18-13-22(30)15-20(24(18)32)9-10-21-16-23(31)14-19(25(21)33)8-6-12-28(3,4)26(34)35/h9-10,13-16,29-33H,5,7,11-12,17H2,1-4H3,(H,34,35). The van der Waals surface area contributed by atoms with Crippen molar-refractivity contribution in [3.8, 4) is 34.8 Å². The zero-order valence-electron chi connectivity index (χ0n) is 20.6. The first-order chi connectivity index (χ1) is 16.3. The van der Waals surface area contributed by atoms with E-state index in [1.54, 1.807) is 13.8 Å². The van der Waals surface area contributed by atoms with Gasteiger partial charge in [0, 0.05) is 24.2 Å². The summed E-state index contributed by atoms with van der Waals surface area (Å²) in [5.74, 6) is 4.09. The van der Waals surface area contributed by atoms with Crippen LogP contribution < -0.4 is 0 Å². The second-order valence-electron chi connectivity index (χ2n) is 10.2. The maximum Gasteiger partial charge on any atom is 0.310 e. The molecular formula is C28H34O7. The molecule has 188 valence electrons. The van der Waals surface area contributed by atoms with Gasteiger partial charge in [0.2, 0.25) is 0 Å². The molecule has 0 saturated heterocycles. The lowest BCUT2D eigenvalue weighted by molar-refractivity contribution is -0.146. The van der Waals surface area contributed by atoms with Gasteiger partial charge >= 0.3 is 5.97 Å². The number of phenolic OH excluding ortho intramolecular Hbond substituents is 4. The molecular weight excluding hydrogens is 448 g/mol. The fraction of sp³-hybridized carbons (Fsp3) is 0.393. The van der Waals surface area contributed by atoms with Crippen molar-refractivity contribution in [3.63, 3.8) is 0 Å². The van der Waals surface area contributed by atoms with E-state index in [1.807, 2.05) is 13.8 Å². The van der Waals surface area contributed by atoms with Crippen molar-refractivity contribution >= 4 is 18.1 Å². The van der Waals surface area contributed by atoms with Crippen LogP contribution in [0.4, 0.5) is 0 Å². The van der Waals surface area contributed by atoms with Crippen LogP contribution in [0.5, 0.6) is 23.0 Å². The van der Waals surface area contributed by atoms with Crippen molar-refractivity contribution in [3.05, 3.63) is 46.5 Å². The van der Waals surface area contributed by atoms with Crippen LogP contribution in [-0.2, 0) is 11.2 Å². The number of hydrogen-bond donors (Lipinski definition) is 6. The number of aryl methyl sites for hydroxylation is 1. The molecule has 0 aliphatic rings. The summed E-state index contributed by atoms with van der Waals surface area (Å²) in [5, 5.41) is 60.1. The predicted octanol–water partition coefficient (Wildman–Crippen LogP) is 4.87. The van der Waals surface area contributed by atoms with E-state index in [9.17, 15) is 35.4 Å². The summed E-state index contributed by atoms with van der Waals surface area (Å²) in [6.45, 7) is 7.06. The van der Waals surface area contributed by atoms with E-state index in [0.29, 0.717) is 24.0 Å². The van der Waals surface area contributed by atoms with Crippen molar-refractivity contribution in [1.82, 2.24) is 0 Å². The van der Waals surface area contributed by atoms with E-state index in [2.05, 4.69) is 11.8 Å². The largest absolute Gasteiger partial charge is 0.508 e. The third-order valence-electron chi connectivity index (χ3n) is 5.83. The number of carboxylic acid groups (broad SMARTS) is 1. The first-order valence-corrected chi connectivity index (χ1v) is 11.4. The molecule has 0 spiro atoms. The minimum absolute atomic E-state index is 0.00332. The number of aliphatic carboxylic acids is 1. The maximum atomic E-state index is 11.2. The Hall–Kier alpha value is -3.63. The zero-order valence-corrected chi connectivity index (χ0v) is 20.6. The second kappa shape index (κ2) is 11.2. The third kappa shape index (κ3) is 7.69. The van der Waals surface area contributed by atoms with E-state index in [0.717, 1.165) is 6.42 Å². The number of carboxylic acids is 1. The first kappa shape index (κ1) is 27.6. The Morgan fingerprint density at radius 1 is 0.914 bits per heavy atom. The number of aliphatic hydroxyl groups excluding tert-OH is 1. The highest BCUT2D eigenvalue weighted by molar-refractivity contribution is 5.78. The normalized spacial score (nSPS) is 11.9. The highest BCUT2D eigenvalue weighted by Crippen LogP contribution is 2.34. The molecule has 0 aliphatic heterocycles. The molecule has 6 N–H and O–H groups in total. The monoisotopic (exact) mass is 482 g/mol. The topological polar surface area (TPSA) is 138 Å². The average Bonchev–Trinajstić information content (AvgIpc) is 2.77. The molecule has 2 rings (SSSR count). The van der Waals surface area contributed by atoms with Gasteiger partial charge in [0.1, 0.15) is 23.0 Å². The maximum absolute atomic E-state index is 11.2. The Morgan fingerprint density at radius 2 is 1.49 bits per heavy atom. The smallest absolute Gasteiger partial charge is 0.310 e. The fourth-order valence-corrected chi connectivity index (χ4v) is 3.33. The molecule has 7 nitrogen and oxygen atoms in total. The van der Waals surface area contributed by atoms with Crippen LogP contribution in [-0.4, -0.2) is 43.2 Å². The lowest BCUT2D eigenvalue weighted by Gasteiger charge is -2.21. The predicted molar refractivity (Wildman–Crippen MR) is 135 cm³/mol. The Kier molecular flexibility index (Phi) is 8.83. The van der Waals surface area contributed by atoms with Crippen LogP contribution >= 0.6 is 0 Å². The Labute approximate surface area is 206 Å². The summed E-state index contributed by atoms with van der Waals surface area (Å²) >= 11 is 0. The molecule has 0 aromatic heterocycles. The van der Waals surface area contributed by atoms with Gasteiger partial charge in [-0.25, -0.2) is 0 Å². The molecule has 7 heteroatoms. The van der Waals surface area contributed by atoms with Gasteiger partial charge in [0.15, 0.2) is 0 Å². The zero-order chi connectivity index (χ0) is 26.4. The summed E-state index contributed by atoms with van der Waals surface area (Å²) in [6.07, 6.45) is 5.01. The van der Waals surface area contributed by atoms with E-state index in [4.69, 9.17) is 0 Å². The summed E-state index contributed by atoms with van der Waals surface area (Å²) in [5.41, 5.74) is -0.0166. The Balaban J connectivity index is 2.30. The summed E-state index contributed by atoms with van der Waals surface area (Å²) in [7, 11) is 0. The van der Waals surface area contributed by atoms with Crippen LogP contribution in [0.15, 0.2) is 24.3 Å². The molecule has 0 amide bonds. The van der Waals surface area contributed by atoms with E-state index >= 15 is 0 Å². The highest BCUT2D eigenvalue weighted by atomic mass is 16.4. The molecule has 0 bridgehead atoms. The summed E-state index contributed by atoms with van der Waals surface area (Å²) in [6, 6.07) is 5.50. The van der Waals surface area contributed by atoms with Gasteiger partial charge < -0.3 is 30.6 Å². The lowest BCUT2D eigenvalue weighted by atomic mass is 9.87. The van der Waals surface area contributed by atoms with Crippen LogP contribution in [0, 0.1) is 22.7 Å². The summed E-state index contributed by atoms with van der Waals surface area (Å²) in [4.78, 5) is 11.2. The number of rotatable bonds is 9. The van der Waals surface area contributed by atoms with Crippen molar-refractivity contribution in [2.75, 3.05) is 6.61 Å². The van der Waals surface area contributed by atoms with E-state index in [-0.39, 0.29) is 52.6 Å². The molecule has 0 heterocycles. The van der Waals surface area contributed by atoms with Gasteiger partial charge in [-0.1, -0.05) is 37.8 Å². The van der Waals surface area contributed by atoms with Crippen molar-refractivity contribution in [2.24, 2.45) is 10.8 Å². The van der Waals surface area contributed by atoms with Crippen LogP contribution in [0.2, 0.25) is 0 Å². The van der Waals surface area contributed by atoms with Crippen LogP contribution in [0.3, 0.4) is 0 Å². The number of phenols is 4. The minimum Gasteiger partial charge on any atom is -0.508 e. The lowest BCUT2D eigenvalue weighted by Crippen LogP contribution is -2.22. The van der Waals surface area contributed by atoms with Gasteiger partial charge in [0.25, 0.3) is 0 Å².